The van der Waals surface area contributed by atoms with Crippen molar-refractivity contribution in [3.8, 4) is 0 Å². The van der Waals surface area contributed by atoms with Crippen LogP contribution >= 0.6 is 0 Å². The van der Waals surface area contributed by atoms with Gasteiger partial charge >= 0.3 is 5.97 Å². The van der Waals surface area contributed by atoms with Gasteiger partial charge in [-0.2, -0.15) is 0 Å². The molecule has 1 aromatic heterocycles. The predicted molar refractivity (Wildman–Crippen MR) is 175 cm³/mol. The lowest BCUT2D eigenvalue weighted by molar-refractivity contribution is -0.147. The first-order chi connectivity index (χ1) is 21.9. The Labute approximate surface area is 274 Å². The van der Waals surface area contributed by atoms with Crippen LogP contribution in [0.25, 0.3) is 0 Å². The van der Waals surface area contributed by atoms with Crippen LogP contribution in [-0.4, -0.2) is 121 Å². The van der Waals surface area contributed by atoms with E-state index in [1.807, 2.05) is 13.8 Å². The van der Waals surface area contributed by atoms with Crippen molar-refractivity contribution in [2.24, 2.45) is 17.8 Å². The van der Waals surface area contributed by atoms with Gasteiger partial charge in [-0.1, -0.05) is 46.8 Å². The average Bonchev–Trinajstić information content (AvgIpc) is 3.44. The molecule has 1 aliphatic rings. The molecule has 0 aliphatic carbocycles. The lowest BCUT2D eigenvalue weighted by Crippen LogP contribution is -2.59. The Bertz CT molecular complexity index is 1070. The van der Waals surface area contributed by atoms with Gasteiger partial charge in [-0.3, -0.25) is 19.3 Å². The fourth-order valence-electron chi connectivity index (χ4n) is 5.09. The number of carbonyl (C=O) groups excluding carboxylic acids is 4. The molecule has 0 aromatic carbocycles. The molecule has 15 nitrogen and oxygen atoms in total. The standard InChI is InChI=1S/C31H58N10O5/c1-21(2)26(29(43)36-27(22(3)4)30(44)37-28(23(5)6)31(45)46-7)35-25(42)20-41-19-24(38-39-41)18-40-16-9-12-33-14-13-32-10-8-11-34-15-17-40/h19,21-23,26-28,32-34H,8-18,20H2,1-7H3,(H,35,42)(H,36,43)(H,37,44). The second-order valence-electron chi connectivity index (χ2n) is 12.9. The van der Waals surface area contributed by atoms with Gasteiger partial charge in [0.15, 0.2) is 0 Å². The van der Waals surface area contributed by atoms with Gasteiger partial charge < -0.3 is 36.6 Å². The second-order valence-corrected chi connectivity index (χ2v) is 12.9. The number of carbonyl (C=O) groups is 4. The number of nitrogens with zero attached hydrogens (tertiary/aromatic N) is 4. The topological polar surface area (TPSA) is 184 Å². The maximum atomic E-state index is 13.4. The average molecular weight is 651 g/mol. The Morgan fingerprint density at radius 3 is 1.89 bits per heavy atom. The summed E-state index contributed by atoms with van der Waals surface area (Å²) in [6.07, 6.45) is 3.86. The van der Waals surface area contributed by atoms with E-state index in [-0.39, 0.29) is 24.3 Å². The molecule has 0 bridgehead atoms. The molecule has 2 rings (SSSR count). The molecule has 46 heavy (non-hydrogen) atoms. The third kappa shape index (κ3) is 14.1. The molecule has 1 saturated heterocycles. The number of aromatic nitrogens is 3. The normalized spacial score (nSPS) is 18.0. The van der Waals surface area contributed by atoms with Gasteiger partial charge in [0.1, 0.15) is 24.7 Å². The molecule has 0 saturated carbocycles. The lowest BCUT2D eigenvalue weighted by atomic mass is 9.98. The van der Waals surface area contributed by atoms with Crippen LogP contribution in [0.4, 0.5) is 0 Å². The number of nitrogens with one attached hydrogen (secondary N) is 6. The highest BCUT2D eigenvalue weighted by Crippen LogP contribution is 2.10. The van der Waals surface area contributed by atoms with Crippen LogP contribution in [-0.2, 0) is 37.0 Å². The molecule has 0 spiro atoms. The van der Waals surface area contributed by atoms with Crippen LogP contribution in [0.3, 0.4) is 0 Å². The molecule has 0 radical (unpaired) electrons. The Kier molecular flexibility index (Phi) is 17.7. The van der Waals surface area contributed by atoms with Gasteiger partial charge in [-0.15, -0.1) is 5.10 Å². The molecule has 1 aliphatic heterocycles. The van der Waals surface area contributed by atoms with Crippen LogP contribution in [0.5, 0.6) is 0 Å². The van der Waals surface area contributed by atoms with E-state index >= 15 is 0 Å². The minimum absolute atomic E-state index is 0.105. The maximum absolute atomic E-state index is 13.4. The summed E-state index contributed by atoms with van der Waals surface area (Å²) in [4.78, 5) is 54.0. The van der Waals surface area contributed by atoms with E-state index in [1.54, 1.807) is 33.9 Å². The number of hydrogen-bond acceptors (Lipinski definition) is 11. The third-order valence-electron chi connectivity index (χ3n) is 7.83. The number of esters is 1. The fraction of sp³-hybridized carbons (Fsp3) is 0.806. The first kappa shape index (κ1) is 39.0. The smallest absolute Gasteiger partial charge is 0.328 e. The van der Waals surface area contributed by atoms with Gasteiger partial charge in [0.2, 0.25) is 17.7 Å². The molecule has 3 amide bonds. The molecule has 6 N–H and O–H groups in total. The van der Waals surface area contributed by atoms with Crippen molar-refractivity contribution in [1.29, 1.82) is 0 Å². The van der Waals surface area contributed by atoms with Crippen LogP contribution in [0, 0.1) is 17.8 Å². The van der Waals surface area contributed by atoms with Crippen molar-refractivity contribution in [3.05, 3.63) is 11.9 Å². The zero-order valence-corrected chi connectivity index (χ0v) is 28.9. The van der Waals surface area contributed by atoms with E-state index in [2.05, 4.69) is 47.1 Å². The summed E-state index contributed by atoms with van der Waals surface area (Å²) in [6, 6.07) is -2.66. The summed E-state index contributed by atoms with van der Waals surface area (Å²) in [5, 5.41) is 27.1. The first-order valence-electron chi connectivity index (χ1n) is 16.6. The summed E-state index contributed by atoms with van der Waals surface area (Å²) < 4.78 is 6.29. The summed E-state index contributed by atoms with van der Waals surface area (Å²) >= 11 is 0. The van der Waals surface area contributed by atoms with Gasteiger partial charge in [0.05, 0.1) is 19.0 Å². The number of ether oxygens (including phenoxy) is 1. The van der Waals surface area contributed by atoms with Gasteiger partial charge in [0, 0.05) is 32.7 Å². The van der Waals surface area contributed by atoms with E-state index in [1.165, 1.54) is 11.8 Å². The van der Waals surface area contributed by atoms with E-state index in [0.29, 0.717) is 6.54 Å². The molecule has 3 atom stereocenters. The van der Waals surface area contributed by atoms with Gasteiger partial charge in [-0.05, 0) is 56.8 Å². The zero-order chi connectivity index (χ0) is 34.1. The molecule has 1 fully saturated rings. The molecular formula is C31H58N10O5. The summed E-state index contributed by atoms with van der Waals surface area (Å²) in [6.45, 7) is 18.8. The molecule has 3 unspecified atom stereocenters. The minimum Gasteiger partial charge on any atom is -0.467 e. The summed E-state index contributed by atoms with van der Waals surface area (Å²) in [5.74, 6) is -2.69. The quantitative estimate of drug-likeness (QED) is 0.148. The summed E-state index contributed by atoms with van der Waals surface area (Å²) in [7, 11) is 1.26. The highest BCUT2D eigenvalue weighted by Gasteiger charge is 2.33. The highest BCUT2D eigenvalue weighted by atomic mass is 16.5. The van der Waals surface area contributed by atoms with E-state index in [0.717, 1.165) is 70.9 Å². The summed E-state index contributed by atoms with van der Waals surface area (Å²) in [5.41, 5.74) is 0.765. The monoisotopic (exact) mass is 650 g/mol. The van der Waals surface area contributed by atoms with Gasteiger partial charge in [-0.25, -0.2) is 9.48 Å². The van der Waals surface area contributed by atoms with Crippen molar-refractivity contribution >= 4 is 23.7 Å². The van der Waals surface area contributed by atoms with Crippen LogP contribution < -0.4 is 31.9 Å². The van der Waals surface area contributed by atoms with Crippen molar-refractivity contribution in [2.45, 2.75) is 85.6 Å². The molecular weight excluding hydrogens is 592 g/mol. The molecule has 15 heteroatoms. The van der Waals surface area contributed by atoms with E-state index in [4.69, 9.17) is 4.74 Å². The van der Waals surface area contributed by atoms with Crippen LogP contribution in [0.1, 0.15) is 60.1 Å². The van der Waals surface area contributed by atoms with Gasteiger partial charge in [0.25, 0.3) is 0 Å². The predicted octanol–water partition coefficient (Wildman–Crippen LogP) is -0.762. The molecule has 262 valence electrons. The van der Waals surface area contributed by atoms with E-state index < -0.39 is 41.8 Å². The Morgan fingerprint density at radius 2 is 1.30 bits per heavy atom. The Morgan fingerprint density at radius 1 is 0.761 bits per heavy atom. The van der Waals surface area contributed by atoms with Crippen molar-refractivity contribution in [2.75, 3.05) is 59.5 Å². The SMILES string of the molecule is COC(=O)C(NC(=O)C(NC(=O)C(NC(=O)Cn1cc(CN2CCCNCCNCCCNCC2)nn1)C(C)C)C(C)C)C(C)C. The molecule has 1 aromatic rings. The first-order valence-corrected chi connectivity index (χ1v) is 16.6. The third-order valence-corrected chi connectivity index (χ3v) is 7.83. The van der Waals surface area contributed by atoms with E-state index in [9.17, 15) is 19.2 Å². The minimum atomic E-state index is -0.919. The highest BCUT2D eigenvalue weighted by molar-refractivity contribution is 5.93. The van der Waals surface area contributed by atoms with Crippen molar-refractivity contribution in [1.82, 2.24) is 51.8 Å². The van der Waals surface area contributed by atoms with Crippen molar-refractivity contribution < 1.29 is 23.9 Å². The number of methoxy groups -OCH3 is 1. The Hall–Kier alpha value is -3.14. The number of hydrogen-bond donors (Lipinski definition) is 6. The molecule has 2 heterocycles. The maximum Gasteiger partial charge on any atom is 0.328 e. The van der Waals surface area contributed by atoms with Crippen LogP contribution in [0.2, 0.25) is 0 Å². The number of rotatable bonds is 13. The zero-order valence-electron chi connectivity index (χ0n) is 28.9. The largest absolute Gasteiger partial charge is 0.467 e. The number of amides is 3. The van der Waals surface area contributed by atoms with Crippen molar-refractivity contribution in [3.63, 3.8) is 0 Å². The second kappa shape index (κ2) is 20.9. The lowest BCUT2D eigenvalue weighted by Gasteiger charge is -2.29. The Balaban J connectivity index is 1.97. The fourth-order valence-corrected chi connectivity index (χ4v) is 5.09. The van der Waals surface area contributed by atoms with Crippen LogP contribution in [0.15, 0.2) is 6.20 Å².